The molecule has 3 rings (SSSR count). The minimum absolute atomic E-state index is 0.0370. The standard InChI is InChI=1S/C19H29N7O4/c1-10(2)13-9-15(27)23-19(21-13)26-14(8-11(3)24-26)22-17(29)18(30)25-6-4-12(5-7-25)16(20)28/h8,10,12-13,19,21H,4-7,9H2,1-3H3,(H2,20,28)(H,22,29)(H,23,27). The fourth-order valence-corrected chi connectivity index (χ4v) is 3.76. The number of aryl methyl sites for hydroxylation is 1. The van der Waals surface area contributed by atoms with Crippen molar-refractivity contribution >= 4 is 29.4 Å². The highest BCUT2D eigenvalue weighted by atomic mass is 16.2. The Morgan fingerprint density at radius 2 is 1.93 bits per heavy atom. The lowest BCUT2D eigenvalue weighted by Crippen LogP contribution is -2.55. The van der Waals surface area contributed by atoms with E-state index >= 15 is 0 Å². The van der Waals surface area contributed by atoms with Crippen LogP contribution in [0.5, 0.6) is 0 Å². The van der Waals surface area contributed by atoms with Crippen LogP contribution in [-0.2, 0) is 19.2 Å². The summed E-state index contributed by atoms with van der Waals surface area (Å²) in [7, 11) is 0. The van der Waals surface area contributed by atoms with Gasteiger partial charge in [0.1, 0.15) is 5.82 Å². The van der Waals surface area contributed by atoms with Crippen LogP contribution in [0.2, 0.25) is 0 Å². The maximum Gasteiger partial charge on any atom is 0.315 e. The molecule has 0 spiro atoms. The second-order valence-corrected chi connectivity index (χ2v) is 8.23. The highest BCUT2D eigenvalue weighted by Crippen LogP contribution is 2.21. The maximum absolute atomic E-state index is 12.6. The second kappa shape index (κ2) is 8.82. The molecule has 1 aromatic rings. The van der Waals surface area contributed by atoms with Crippen LogP contribution in [0.15, 0.2) is 6.07 Å². The summed E-state index contributed by atoms with van der Waals surface area (Å²) in [5.74, 6) is -1.70. The van der Waals surface area contributed by atoms with Crippen LogP contribution in [0.3, 0.4) is 0 Å². The summed E-state index contributed by atoms with van der Waals surface area (Å²) in [5.41, 5.74) is 5.94. The topological polar surface area (TPSA) is 151 Å². The Morgan fingerprint density at radius 1 is 1.27 bits per heavy atom. The van der Waals surface area contributed by atoms with Gasteiger partial charge in [0, 0.05) is 37.5 Å². The van der Waals surface area contributed by atoms with Gasteiger partial charge in [0.05, 0.1) is 5.69 Å². The van der Waals surface area contributed by atoms with Gasteiger partial charge in [-0.1, -0.05) is 13.8 Å². The average Bonchev–Trinajstić information content (AvgIpc) is 3.07. The second-order valence-electron chi connectivity index (χ2n) is 8.23. The predicted molar refractivity (Wildman–Crippen MR) is 108 cm³/mol. The van der Waals surface area contributed by atoms with Crippen LogP contribution in [0.25, 0.3) is 0 Å². The third-order valence-electron chi connectivity index (χ3n) is 5.60. The number of rotatable bonds is 4. The van der Waals surface area contributed by atoms with E-state index in [4.69, 9.17) is 5.73 Å². The Kier molecular flexibility index (Phi) is 6.40. The summed E-state index contributed by atoms with van der Waals surface area (Å²) in [6.07, 6.45) is 0.611. The lowest BCUT2D eigenvalue weighted by Gasteiger charge is -2.34. The molecule has 0 aliphatic carbocycles. The Morgan fingerprint density at radius 3 is 2.53 bits per heavy atom. The summed E-state index contributed by atoms with van der Waals surface area (Å²) in [4.78, 5) is 49.9. The number of hydrogen-bond donors (Lipinski definition) is 4. The van der Waals surface area contributed by atoms with E-state index in [-0.39, 0.29) is 29.7 Å². The van der Waals surface area contributed by atoms with Crippen molar-refractivity contribution in [2.45, 2.75) is 52.4 Å². The number of hydrogen-bond acceptors (Lipinski definition) is 6. The third kappa shape index (κ3) is 4.78. The number of aromatic nitrogens is 2. The summed E-state index contributed by atoms with van der Waals surface area (Å²) in [6.45, 7) is 6.39. The number of anilines is 1. The number of likely N-dealkylation sites (tertiary alicyclic amines) is 1. The summed E-state index contributed by atoms with van der Waals surface area (Å²) >= 11 is 0. The van der Waals surface area contributed by atoms with E-state index in [0.29, 0.717) is 43.9 Å². The van der Waals surface area contributed by atoms with Crippen LogP contribution >= 0.6 is 0 Å². The van der Waals surface area contributed by atoms with Crippen LogP contribution in [0.1, 0.15) is 45.1 Å². The van der Waals surface area contributed by atoms with E-state index in [9.17, 15) is 19.2 Å². The normalized spacial score (nSPS) is 22.7. The SMILES string of the molecule is Cc1cc(NC(=O)C(=O)N2CCC(C(N)=O)CC2)n(C2NC(=O)CC(C(C)C)N2)n1. The molecule has 30 heavy (non-hydrogen) atoms. The molecule has 2 atom stereocenters. The molecule has 4 amide bonds. The van der Waals surface area contributed by atoms with E-state index < -0.39 is 18.1 Å². The van der Waals surface area contributed by atoms with Crippen molar-refractivity contribution < 1.29 is 19.2 Å². The Labute approximate surface area is 174 Å². The average molecular weight is 419 g/mol. The first-order valence-electron chi connectivity index (χ1n) is 10.2. The Balaban J connectivity index is 1.69. The van der Waals surface area contributed by atoms with E-state index in [1.807, 2.05) is 13.8 Å². The van der Waals surface area contributed by atoms with Gasteiger partial charge < -0.3 is 21.3 Å². The molecule has 2 saturated heterocycles. The van der Waals surface area contributed by atoms with Crippen molar-refractivity contribution in [2.24, 2.45) is 17.6 Å². The van der Waals surface area contributed by atoms with Gasteiger partial charge in [-0.05, 0) is 25.7 Å². The third-order valence-corrected chi connectivity index (χ3v) is 5.60. The number of carbonyl (C=O) groups is 4. The quantitative estimate of drug-likeness (QED) is 0.480. The predicted octanol–water partition coefficient (Wildman–Crippen LogP) is -0.556. The molecule has 5 N–H and O–H groups in total. The summed E-state index contributed by atoms with van der Waals surface area (Å²) in [6, 6.07) is 1.60. The summed E-state index contributed by atoms with van der Waals surface area (Å²) in [5, 5.41) is 13.1. The highest BCUT2D eigenvalue weighted by molar-refractivity contribution is 6.39. The van der Waals surface area contributed by atoms with Crippen molar-refractivity contribution in [2.75, 3.05) is 18.4 Å². The van der Waals surface area contributed by atoms with E-state index in [0.717, 1.165) is 0 Å². The Hall–Kier alpha value is -2.95. The molecule has 2 fully saturated rings. The lowest BCUT2D eigenvalue weighted by atomic mass is 9.96. The van der Waals surface area contributed by atoms with Crippen LogP contribution < -0.4 is 21.7 Å². The van der Waals surface area contributed by atoms with Gasteiger partial charge >= 0.3 is 11.8 Å². The first kappa shape index (κ1) is 21.8. The first-order valence-corrected chi connectivity index (χ1v) is 10.2. The molecule has 1 aromatic heterocycles. The van der Waals surface area contributed by atoms with Crippen molar-refractivity contribution in [3.8, 4) is 0 Å². The fourth-order valence-electron chi connectivity index (χ4n) is 3.76. The lowest BCUT2D eigenvalue weighted by molar-refractivity contribution is -0.144. The summed E-state index contributed by atoms with van der Waals surface area (Å²) < 4.78 is 1.46. The van der Waals surface area contributed by atoms with Crippen molar-refractivity contribution in [3.63, 3.8) is 0 Å². The van der Waals surface area contributed by atoms with Gasteiger partial charge in [0.25, 0.3) is 0 Å². The Bertz CT molecular complexity index is 842. The molecule has 2 aliphatic rings. The molecule has 0 bridgehead atoms. The highest BCUT2D eigenvalue weighted by Gasteiger charge is 2.32. The number of nitrogens with two attached hydrogens (primary N) is 1. The van der Waals surface area contributed by atoms with Crippen molar-refractivity contribution in [1.82, 2.24) is 25.3 Å². The van der Waals surface area contributed by atoms with E-state index in [1.54, 1.807) is 13.0 Å². The van der Waals surface area contributed by atoms with Gasteiger partial charge in [0.2, 0.25) is 11.8 Å². The van der Waals surface area contributed by atoms with Gasteiger partial charge in [-0.3, -0.25) is 24.5 Å². The smallest absolute Gasteiger partial charge is 0.315 e. The van der Waals surface area contributed by atoms with Gasteiger partial charge in [0.15, 0.2) is 6.29 Å². The maximum atomic E-state index is 12.6. The van der Waals surface area contributed by atoms with Crippen LogP contribution in [0, 0.1) is 18.8 Å². The molecule has 11 heteroatoms. The molecule has 11 nitrogen and oxygen atoms in total. The molecule has 2 aliphatic heterocycles. The minimum Gasteiger partial charge on any atom is -0.369 e. The molecule has 0 aromatic carbocycles. The number of primary amides is 1. The number of amides is 4. The number of nitrogens with zero attached hydrogens (tertiary/aromatic N) is 3. The molecular weight excluding hydrogens is 390 g/mol. The minimum atomic E-state index is -0.795. The van der Waals surface area contributed by atoms with Gasteiger partial charge in [-0.25, -0.2) is 4.68 Å². The molecule has 3 heterocycles. The first-order chi connectivity index (χ1) is 14.2. The van der Waals surface area contributed by atoms with Gasteiger partial charge in [-0.15, -0.1) is 0 Å². The molecule has 2 unspecified atom stereocenters. The van der Waals surface area contributed by atoms with Gasteiger partial charge in [-0.2, -0.15) is 5.10 Å². The fraction of sp³-hybridized carbons (Fsp3) is 0.632. The number of nitrogens with one attached hydrogen (secondary N) is 3. The zero-order valence-electron chi connectivity index (χ0n) is 17.5. The van der Waals surface area contributed by atoms with Crippen LogP contribution in [0.4, 0.5) is 5.82 Å². The molecule has 0 radical (unpaired) electrons. The van der Waals surface area contributed by atoms with Crippen molar-refractivity contribution in [1.29, 1.82) is 0 Å². The van der Waals surface area contributed by atoms with Crippen LogP contribution in [-0.4, -0.2) is 57.4 Å². The monoisotopic (exact) mass is 419 g/mol. The van der Waals surface area contributed by atoms with Crippen molar-refractivity contribution in [3.05, 3.63) is 11.8 Å². The number of piperidine rings is 1. The molecular formula is C19H29N7O4. The van der Waals surface area contributed by atoms with E-state index in [2.05, 4.69) is 21.0 Å². The molecule has 164 valence electrons. The van der Waals surface area contributed by atoms with E-state index in [1.165, 1.54) is 9.58 Å². The zero-order valence-corrected chi connectivity index (χ0v) is 17.5. The molecule has 0 saturated carbocycles. The number of carbonyl (C=O) groups excluding carboxylic acids is 4. The zero-order chi connectivity index (χ0) is 22.0. The largest absolute Gasteiger partial charge is 0.369 e.